The van der Waals surface area contributed by atoms with Gasteiger partial charge in [0.2, 0.25) is 11.7 Å². The maximum absolute atomic E-state index is 5.38. The molecule has 0 atom stereocenters. The molecule has 0 amide bonds. The van der Waals surface area contributed by atoms with Crippen LogP contribution in [0.3, 0.4) is 0 Å². The van der Waals surface area contributed by atoms with Crippen LogP contribution in [0.1, 0.15) is 5.89 Å². The van der Waals surface area contributed by atoms with Crippen LogP contribution in [0.2, 0.25) is 0 Å². The standard InChI is InChI=1S/C14H14N4O3/c1-19-11-5-3-4-10(13(11)20-2)14-16-12(21-17-14)8-18-7-6-15-9-18/h3-7,9H,8H2,1-2H3. The maximum atomic E-state index is 5.38. The summed E-state index contributed by atoms with van der Waals surface area (Å²) < 4.78 is 17.7. The normalized spacial score (nSPS) is 10.6. The Morgan fingerprint density at radius 1 is 1.24 bits per heavy atom. The van der Waals surface area contributed by atoms with E-state index >= 15 is 0 Å². The summed E-state index contributed by atoms with van der Waals surface area (Å²) in [6, 6.07) is 5.52. The van der Waals surface area contributed by atoms with Crippen LogP contribution < -0.4 is 9.47 Å². The highest BCUT2D eigenvalue weighted by Crippen LogP contribution is 2.36. The van der Waals surface area contributed by atoms with Gasteiger partial charge in [0.05, 0.1) is 26.1 Å². The van der Waals surface area contributed by atoms with Crippen molar-refractivity contribution in [2.75, 3.05) is 14.2 Å². The summed E-state index contributed by atoms with van der Waals surface area (Å²) in [6.45, 7) is 0.472. The summed E-state index contributed by atoms with van der Waals surface area (Å²) >= 11 is 0. The molecule has 3 rings (SSSR count). The van der Waals surface area contributed by atoms with Crippen molar-refractivity contribution in [1.82, 2.24) is 19.7 Å². The van der Waals surface area contributed by atoms with Crippen molar-refractivity contribution in [1.29, 1.82) is 0 Å². The Labute approximate surface area is 121 Å². The number of rotatable bonds is 5. The zero-order valence-electron chi connectivity index (χ0n) is 11.7. The molecule has 2 heterocycles. The topological polar surface area (TPSA) is 75.2 Å². The number of hydrogen-bond acceptors (Lipinski definition) is 6. The molecule has 108 valence electrons. The van der Waals surface area contributed by atoms with Crippen molar-refractivity contribution in [3.05, 3.63) is 42.8 Å². The van der Waals surface area contributed by atoms with E-state index in [4.69, 9.17) is 14.0 Å². The van der Waals surface area contributed by atoms with Crippen molar-refractivity contribution < 1.29 is 14.0 Å². The van der Waals surface area contributed by atoms with Gasteiger partial charge >= 0.3 is 0 Å². The fourth-order valence-electron chi connectivity index (χ4n) is 2.03. The first kappa shape index (κ1) is 13.2. The molecule has 1 aromatic carbocycles. The Balaban J connectivity index is 1.93. The molecule has 0 fully saturated rings. The van der Waals surface area contributed by atoms with Crippen molar-refractivity contribution in [3.63, 3.8) is 0 Å². The van der Waals surface area contributed by atoms with Crippen LogP contribution in [0, 0.1) is 0 Å². The summed E-state index contributed by atoms with van der Waals surface area (Å²) in [5.74, 6) is 2.15. The van der Waals surface area contributed by atoms with Crippen LogP contribution >= 0.6 is 0 Å². The summed E-state index contributed by atoms with van der Waals surface area (Å²) in [7, 11) is 3.16. The second-order valence-corrected chi connectivity index (χ2v) is 4.29. The minimum absolute atomic E-state index is 0.459. The average Bonchev–Trinajstić information content (AvgIpc) is 3.18. The third kappa shape index (κ3) is 2.58. The second-order valence-electron chi connectivity index (χ2n) is 4.29. The van der Waals surface area contributed by atoms with E-state index in [1.807, 2.05) is 29.0 Å². The van der Waals surface area contributed by atoms with E-state index in [-0.39, 0.29) is 0 Å². The maximum Gasteiger partial charge on any atom is 0.246 e. The molecule has 0 saturated heterocycles. The number of imidazole rings is 1. The lowest BCUT2D eigenvalue weighted by Gasteiger charge is -2.09. The van der Waals surface area contributed by atoms with Gasteiger partial charge in [-0.25, -0.2) is 4.98 Å². The highest BCUT2D eigenvalue weighted by molar-refractivity contribution is 5.68. The van der Waals surface area contributed by atoms with Gasteiger partial charge in [-0.15, -0.1) is 0 Å². The summed E-state index contributed by atoms with van der Waals surface area (Å²) in [5.41, 5.74) is 0.720. The molecule has 0 aliphatic heterocycles. The average molecular weight is 286 g/mol. The Kier molecular flexibility index (Phi) is 3.55. The number of hydrogen-bond donors (Lipinski definition) is 0. The zero-order valence-corrected chi connectivity index (χ0v) is 11.7. The highest BCUT2D eigenvalue weighted by atomic mass is 16.5. The SMILES string of the molecule is COc1cccc(-c2noc(Cn3ccnc3)n2)c1OC. The molecule has 3 aromatic rings. The second kappa shape index (κ2) is 5.66. The molecule has 7 nitrogen and oxygen atoms in total. The van der Waals surface area contributed by atoms with E-state index in [0.717, 1.165) is 5.56 Å². The van der Waals surface area contributed by atoms with E-state index in [0.29, 0.717) is 29.8 Å². The van der Waals surface area contributed by atoms with E-state index < -0.39 is 0 Å². The van der Waals surface area contributed by atoms with Gasteiger partial charge < -0.3 is 18.6 Å². The quantitative estimate of drug-likeness (QED) is 0.714. The number of benzene rings is 1. The lowest BCUT2D eigenvalue weighted by Crippen LogP contribution is -1.97. The minimum Gasteiger partial charge on any atom is -0.493 e. The van der Waals surface area contributed by atoms with Crippen molar-refractivity contribution in [3.8, 4) is 22.9 Å². The molecule has 0 unspecified atom stereocenters. The molecular weight excluding hydrogens is 272 g/mol. The lowest BCUT2D eigenvalue weighted by molar-refractivity contribution is 0.355. The Bertz CT molecular complexity index is 722. The van der Waals surface area contributed by atoms with E-state index in [9.17, 15) is 0 Å². The van der Waals surface area contributed by atoms with Gasteiger partial charge in [0.1, 0.15) is 6.54 Å². The van der Waals surface area contributed by atoms with Crippen LogP contribution in [0.4, 0.5) is 0 Å². The Morgan fingerprint density at radius 3 is 2.86 bits per heavy atom. The van der Waals surface area contributed by atoms with Gasteiger partial charge in [0.15, 0.2) is 11.5 Å². The minimum atomic E-state index is 0.459. The molecule has 0 aliphatic carbocycles. The Hall–Kier alpha value is -2.83. The molecule has 0 saturated carbocycles. The first-order chi connectivity index (χ1) is 10.3. The highest BCUT2D eigenvalue weighted by Gasteiger charge is 2.16. The molecule has 0 N–H and O–H groups in total. The summed E-state index contributed by atoms with van der Waals surface area (Å²) in [6.07, 6.45) is 5.22. The van der Waals surface area contributed by atoms with E-state index in [1.165, 1.54) is 0 Å². The third-order valence-corrected chi connectivity index (χ3v) is 2.99. The number of nitrogens with zero attached hydrogens (tertiary/aromatic N) is 4. The van der Waals surface area contributed by atoms with Gasteiger partial charge in [0, 0.05) is 12.4 Å². The fraction of sp³-hybridized carbons (Fsp3) is 0.214. The lowest BCUT2D eigenvalue weighted by atomic mass is 10.1. The van der Waals surface area contributed by atoms with Gasteiger partial charge in [-0.1, -0.05) is 11.2 Å². The van der Waals surface area contributed by atoms with Crippen molar-refractivity contribution in [2.45, 2.75) is 6.54 Å². The van der Waals surface area contributed by atoms with E-state index in [1.54, 1.807) is 26.7 Å². The zero-order chi connectivity index (χ0) is 14.7. The first-order valence-electron chi connectivity index (χ1n) is 6.31. The van der Waals surface area contributed by atoms with Gasteiger partial charge in [-0.05, 0) is 12.1 Å². The van der Waals surface area contributed by atoms with Crippen LogP contribution in [0.15, 0.2) is 41.4 Å². The molecule has 0 spiro atoms. The van der Waals surface area contributed by atoms with Gasteiger partial charge in [0.25, 0.3) is 0 Å². The number of methoxy groups -OCH3 is 2. The van der Waals surface area contributed by atoms with Crippen molar-refractivity contribution in [2.24, 2.45) is 0 Å². The van der Waals surface area contributed by atoms with Gasteiger partial charge in [-0.2, -0.15) is 4.98 Å². The Morgan fingerprint density at radius 2 is 2.14 bits per heavy atom. The smallest absolute Gasteiger partial charge is 0.246 e. The molecule has 7 heteroatoms. The molecule has 21 heavy (non-hydrogen) atoms. The third-order valence-electron chi connectivity index (χ3n) is 2.99. The number of aromatic nitrogens is 4. The van der Waals surface area contributed by atoms with Gasteiger partial charge in [-0.3, -0.25) is 0 Å². The largest absolute Gasteiger partial charge is 0.493 e. The number of para-hydroxylation sites is 1. The summed E-state index contributed by atoms with van der Waals surface area (Å²) in [4.78, 5) is 8.35. The first-order valence-corrected chi connectivity index (χ1v) is 6.31. The monoisotopic (exact) mass is 286 g/mol. The van der Waals surface area contributed by atoms with Crippen LogP contribution in [-0.2, 0) is 6.54 Å². The number of ether oxygens (including phenoxy) is 2. The predicted octanol–water partition coefficient (Wildman–Crippen LogP) is 2.00. The predicted molar refractivity (Wildman–Crippen MR) is 74.2 cm³/mol. The van der Waals surface area contributed by atoms with E-state index in [2.05, 4.69) is 15.1 Å². The van der Waals surface area contributed by atoms with Crippen molar-refractivity contribution >= 4 is 0 Å². The molecule has 0 aliphatic rings. The van der Waals surface area contributed by atoms with Crippen LogP contribution in [-0.4, -0.2) is 33.9 Å². The molecule has 0 bridgehead atoms. The molecule has 0 radical (unpaired) electrons. The molecular formula is C14H14N4O3. The van der Waals surface area contributed by atoms with Crippen LogP contribution in [0.5, 0.6) is 11.5 Å². The van der Waals surface area contributed by atoms with Crippen LogP contribution in [0.25, 0.3) is 11.4 Å². The fourth-order valence-corrected chi connectivity index (χ4v) is 2.03. The summed E-state index contributed by atoms with van der Waals surface area (Å²) in [5, 5.41) is 4.00. The molecule has 2 aromatic heterocycles.